The number of aryl methyl sites for hydroxylation is 2. The van der Waals surface area contributed by atoms with E-state index in [9.17, 15) is 10.1 Å². The number of nitro benzene ring substituents is 1. The van der Waals surface area contributed by atoms with Crippen LogP contribution in [0.2, 0.25) is 0 Å². The molecule has 0 saturated heterocycles. The summed E-state index contributed by atoms with van der Waals surface area (Å²) in [5.74, 6) is 1.39. The van der Waals surface area contributed by atoms with Crippen molar-refractivity contribution in [2.45, 2.75) is 19.9 Å². The van der Waals surface area contributed by atoms with E-state index in [0.29, 0.717) is 12.5 Å². The molecule has 1 aliphatic rings. The van der Waals surface area contributed by atoms with Gasteiger partial charge in [-0.05, 0) is 18.9 Å². The second-order valence-corrected chi connectivity index (χ2v) is 6.56. The lowest BCUT2D eigenvalue weighted by Gasteiger charge is -2.19. The third-order valence-electron chi connectivity index (χ3n) is 4.58. The molecule has 3 heterocycles. The van der Waals surface area contributed by atoms with Gasteiger partial charge in [-0.15, -0.1) is 0 Å². The van der Waals surface area contributed by atoms with Gasteiger partial charge in [-0.2, -0.15) is 10.1 Å². The SMILES string of the molecule is Cc1nc(Nc2cnn(C)c2)nc2c1CCN2Cc1cccc([N+](=O)[O-])c1. The minimum absolute atomic E-state index is 0.102. The molecule has 0 radical (unpaired) electrons. The smallest absolute Gasteiger partial charge is 0.269 e. The van der Waals surface area contributed by atoms with Gasteiger partial charge in [0.1, 0.15) is 5.82 Å². The van der Waals surface area contributed by atoms with Crippen molar-refractivity contribution in [2.75, 3.05) is 16.8 Å². The van der Waals surface area contributed by atoms with Crippen LogP contribution in [0.15, 0.2) is 36.7 Å². The summed E-state index contributed by atoms with van der Waals surface area (Å²) in [7, 11) is 1.85. The first kappa shape index (κ1) is 17.0. The van der Waals surface area contributed by atoms with Crippen LogP contribution in [0.4, 0.5) is 23.1 Å². The fourth-order valence-electron chi connectivity index (χ4n) is 3.30. The summed E-state index contributed by atoms with van der Waals surface area (Å²) in [6.45, 7) is 3.35. The average Bonchev–Trinajstić information content (AvgIpc) is 3.22. The van der Waals surface area contributed by atoms with Crippen molar-refractivity contribution in [3.63, 3.8) is 0 Å². The van der Waals surface area contributed by atoms with E-state index in [1.54, 1.807) is 23.0 Å². The normalized spacial score (nSPS) is 12.9. The highest BCUT2D eigenvalue weighted by Gasteiger charge is 2.24. The van der Waals surface area contributed by atoms with Crippen molar-refractivity contribution < 1.29 is 4.92 Å². The zero-order valence-electron chi connectivity index (χ0n) is 15.1. The molecule has 0 amide bonds. The minimum atomic E-state index is -0.371. The molecule has 138 valence electrons. The molecule has 9 heteroatoms. The van der Waals surface area contributed by atoms with E-state index in [2.05, 4.69) is 25.3 Å². The highest BCUT2D eigenvalue weighted by molar-refractivity contribution is 5.60. The molecule has 1 aromatic carbocycles. The molecule has 0 spiro atoms. The molecule has 0 saturated carbocycles. The van der Waals surface area contributed by atoms with Crippen LogP contribution >= 0.6 is 0 Å². The molecule has 27 heavy (non-hydrogen) atoms. The first-order chi connectivity index (χ1) is 13.0. The third-order valence-corrected chi connectivity index (χ3v) is 4.58. The summed E-state index contributed by atoms with van der Waals surface area (Å²) in [5.41, 5.74) is 3.87. The number of anilines is 3. The van der Waals surface area contributed by atoms with Gasteiger partial charge in [-0.25, -0.2) is 4.98 Å². The van der Waals surface area contributed by atoms with Crippen LogP contribution in [0.3, 0.4) is 0 Å². The Hall–Kier alpha value is -3.49. The monoisotopic (exact) mass is 365 g/mol. The van der Waals surface area contributed by atoms with Gasteiger partial charge in [0, 0.05) is 49.7 Å². The van der Waals surface area contributed by atoms with Gasteiger partial charge in [-0.1, -0.05) is 12.1 Å². The fraction of sp³-hybridized carbons (Fsp3) is 0.278. The number of fused-ring (bicyclic) bond motifs is 1. The van der Waals surface area contributed by atoms with E-state index in [4.69, 9.17) is 0 Å². The molecule has 0 aliphatic carbocycles. The second kappa shape index (κ2) is 6.67. The van der Waals surface area contributed by atoms with Crippen LogP contribution in [-0.2, 0) is 20.0 Å². The van der Waals surface area contributed by atoms with E-state index < -0.39 is 0 Å². The molecule has 1 N–H and O–H groups in total. The first-order valence-corrected chi connectivity index (χ1v) is 8.61. The van der Waals surface area contributed by atoms with E-state index in [0.717, 1.165) is 41.3 Å². The van der Waals surface area contributed by atoms with Crippen LogP contribution in [0, 0.1) is 17.0 Å². The van der Waals surface area contributed by atoms with E-state index >= 15 is 0 Å². The summed E-state index contributed by atoms with van der Waals surface area (Å²) >= 11 is 0. The summed E-state index contributed by atoms with van der Waals surface area (Å²) in [4.78, 5) is 22.0. The zero-order valence-corrected chi connectivity index (χ0v) is 15.1. The quantitative estimate of drug-likeness (QED) is 0.548. The molecule has 0 atom stereocenters. The predicted octanol–water partition coefficient (Wildman–Crippen LogP) is 2.73. The van der Waals surface area contributed by atoms with Gasteiger partial charge in [0.05, 0.1) is 16.8 Å². The van der Waals surface area contributed by atoms with E-state index in [1.807, 2.05) is 26.2 Å². The highest BCUT2D eigenvalue weighted by Crippen LogP contribution is 2.31. The maximum atomic E-state index is 11.0. The first-order valence-electron chi connectivity index (χ1n) is 8.61. The van der Waals surface area contributed by atoms with Crippen molar-refractivity contribution in [3.8, 4) is 0 Å². The van der Waals surface area contributed by atoms with Crippen molar-refractivity contribution >= 4 is 23.1 Å². The lowest BCUT2D eigenvalue weighted by atomic mass is 10.2. The molecule has 1 aliphatic heterocycles. The number of nitro groups is 1. The lowest BCUT2D eigenvalue weighted by molar-refractivity contribution is -0.384. The number of benzene rings is 1. The third kappa shape index (κ3) is 3.43. The van der Waals surface area contributed by atoms with Gasteiger partial charge >= 0.3 is 0 Å². The molecule has 0 unspecified atom stereocenters. The Morgan fingerprint density at radius 3 is 2.93 bits per heavy atom. The summed E-state index contributed by atoms with van der Waals surface area (Å²) in [5, 5.41) is 18.3. The van der Waals surface area contributed by atoms with Crippen LogP contribution in [0.1, 0.15) is 16.8 Å². The fourth-order valence-corrected chi connectivity index (χ4v) is 3.30. The zero-order chi connectivity index (χ0) is 19.0. The standard InChI is InChI=1S/C18H19N7O2/c1-12-16-6-7-24(10-13-4-3-5-15(8-13)25(26)27)17(16)22-18(20-12)21-14-9-19-23(2)11-14/h3-5,8-9,11H,6-7,10H2,1-2H3,(H,20,21,22). The number of hydrogen-bond donors (Lipinski definition) is 1. The average molecular weight is 365 g/mol. The van der Waals surface area contributed by atoms with Crippen LogP contribution in [0.5, 0.6) is 0 Å². The van der Waals surface area contributed by atoms with Crippen LogP contribution in [0.25, 0.3) is 0 Å². The van der Waals surface area contributed by atoms with Crippen LogP contribution in [-0.4, -0.2) is 31.2 Å². The van der Waals surface area contributed by atoms with Crippen molar-refractivity contribution in [2.24, 2.45) is 7.05 Å². The Balaban J connectivity index is 1.60. The highest BCUT2D eigenvalue weighted by atomic mass is 16.6. The largest absolute Gasteiger partial charge is 0.352 e. The van der Waals surface area contributed by atoms with Crippen molar-refractivity contribution in [1.82, 2.24) is 19.7 Å². The number of nitrogens with one attached hydrogen (secondary N) is 1. The second-order valence-electron chi connectivity index (χ2n) is 6.56. The van der Waals surface area contributed by atoms with E-state index in [1.165, 1.54) is 6.07 Å². The molecule has 3 aromatic rings. The Morgan fingerprint density at radius 1 is 1.33 bits per heavy atom. The number of nitrogens with zero attached hydrogens (tertiary/aromatic N) is 6. The molecular formula is C18H19N7O2. The van der Waals surface area contributed by atoms with Crippen LogP contribution < -0.4 is 10.2 Å². The summed E-state index contributed by atoms with van der Waals surface area (Å²) < 4.78 is 1.71. The van der Waals surface area contributed by atoms with Crippen molar-refractivity contribution in [3.05, 3.63) is 63.6 Å². The number of aromatic nitrogens is 4. The summed E-state index contributed by atoms with van der Waals surface area (Å²) in [6, 6.07) is 6.73. The summed E-state index contributed by atoms with van der Waals surface area (Å²) in [6.07, 6.45) is 4.43. The maximum absolute atomic E-state index is 11.0. The number of non-ortho nitro benzene ring substituents is 1. The van der Waals surface area contributed by atoms with Gasteiger partial charge < -0.3 is 10.2 Å². The van der Waals surface area contributed by atoms with Gasteiger partial charge in [0.2, 0.25) is 5.95 Å². The van der Waals surface area contributed by atoms with Gasteiger partial charge in [-0.3, -0.25) is 14.8 Å². The minimum Gasteiger partial charge on any atom is -0.352 e. The topological polar surface area (TPSA) is 102 Å². The Kier molecular flexibility index (Phi) is 4.19. The van der Waals surface area contributed by atoms with Gasteiger partial charge in [0.25, 0.3) is 5.69 Å². The van der Waals surface area contributed by atoms with E-state index in [-0.39, 0.29) is 10.6 Å². The molecule has 4 rings (SSSR count). The number of hydrogen-bond acceptors (Lipinski definition) is 7. The Labute approximate surface area is 155 Å². The molecule has 2 aromatic heterocycles. The molecule has 9 nitrogen and oxygen atoms in total. The lowest BCUT2D eigenvalue weighted by Crippen LogP contribution is -2.21. The number of rotatable bonds is 5. The van der Waals surface area contributed by atoms with Gasteiger partial charge in [0.15, 0.2) is 0 Å². The Morgan fingerprint density at radius 2 is 2.19 bits per heavy atom. The molecule has 0 bridgehead atoms. The molecule has 0 fully saturated rings. The predicted molar refractivity (Wildman–Crippen MR) is 101 cm³/mol. The maximum Gasteiger partial charge on any atom is 0.269 e. The Bertz CT molecular complexity index is 1010. The molecular weight excluding hydrogens is 346 g/mol. The van der Waals surface area contributed by atoms with Crippen molar-refractivity contribution in [1.29, 1.82) is 0 Å².